The molecule has 0 spiro atoms. The van der Waals surface area contributed by atoms with E-state index < -0.39 is 5.97 Å². The normalized spacial score (nSPS) is 13.5. The first kappa shape index (κ1) is 16.9. The molecule has 1 aromatic carbocycles. The lowest BCUT2D eigenvalue weighted by atomic mass is 10.2. The van der Waals surface area contributed by atoms with Gasteiger partial charge in [0.25, 0.3) is 5.91 Å². The quantitative estimate of drug-likeness (QED) is 0.613. The number of halogens is 1. The number of anilines is 1. The van der Waals surface area contributed by atoms with E-state index in [2.05, 4.69) is 10.3 Å². The van der Waals surface area contributed by atoms with Crippen molar-refractivity contribution in [1.29, 1.82) is 0 Å². The summed E-state index contributed by atoms with van der Waals surface area (Å²) in [5.41, 5.74) is 1.92. The van der Waals surface area contributed by atoms with Crippen molar-refractivity contribution in [2.45, 2.75) is 13.3 Å². The van der Waals surface area contributed by atoms with Crippen LogP contribution >= 0.6 is 20.3 Å². The van der Waals surface area contributed by atoms with Crippen LogP contribution in [0.25, 0.3) is 0 Å². The average molecular weight is 367 g/mol. The van der Waals surface area contributed by atoms with E-state index in [1.54, 1.807) is 17.9 Å². The van der Waals surface area contributed by atoms with Crippen molar-refractivity contribution in [3.63, 3.8) is 0 Å². The Morgan fingerprint density at radius 1 is 1.42 bits per heavy atom. The molecule has 126 valence electrons. The van der Waals surface area contributed by atoms with Crippen molar-refractivity contribution in [1.82, 2.24) is 14.8 Å². The SMILES string of the molecule is CCOC(=O)c1nnn(PC)c1C(=O)N1CCc2cc(Cl)ccc21. The monoisotopic (exact) mass is 366 g/mol. The highest BCUT2D eigenvalue weighted by molar-refractivity contribution is 7.35. The number of esters is 1. The van der Waals surface area contributed by atoms with Crippen molar-refractivity contribution in [2.75, 3.05) is 24.7 Å². The van der Waals surface area contributed by atoms with Crippen molar-refractivity contribution in [3.05, 3.63) is 40.2 Å². The summed E-state index contributed by atoms with van der Waals surface area (Å²) in [4.78, 5) is 26.8. The number of rotatable bonds is 4. The number of aromatic nitrogens is 3. The lowest BCUT2D eigenvalue weighted by molar-refractivity contribution is 0.0516. The van der Waals surface area contributed by atoms with Gasteiger partial charge in [0.05, 0.1) is 6.61 Å². The van der Waals surface area contributed by atoms with Gasteiger partial charge in [0.1, 0.15) is 0 Å². The Hall–Kier alpha value is -1.98. The molecule has 0 fully saturated rings. The predicted octanol–water partition coefficient (Wildman–Crippen LogP) is 2.38. The molecular formula is C15H16ClN4O3P. The van der Waals surface area contributed by atoms with Crippen molar-refractivity contribution < 1.29 is 14.3 Å². The molecule has 0 radical (unpaired) electrons. The second-order valence-corrected chi connectivity index (χ2v) is 6.43. The molecule has 1 aromatic heterocycles. The van der Waals surface area contributed by atoms with Crippen LogP contribution in [0.4, 0.5) is 5.69 Å². The van der Waals surface area contributed by atoms with Gasteiger partial charge in [-0.25, -0.2) is 9.25 Å². The van der Waals surface area contributed by atoms with Crippen LogP contribution in [0.3, 0.4) is 0 Å². The van der Waals surface area contributed by atoms with Crippen LogP contribution in [0.2, 0.25) is 5.02 Å². The van der Waals surface area contributed by atoms with Gasteiger partial charge in [-0.3, -0.25) is 4.79 Å². The lowest BCUT2D eigenvalue weighted by Crippen LogP contribution is -2.31. The molecule has 1 aliphatic rings. The van der Waals surface area contributed by atoms with Gasteiger partial charge in [-0.05, 0) is 43.8 Å². The Morgan fingerprint density at radius 3 is 2.92 bits per heavy atom. The smallest absolute Gasteiger partial charge is 0.361 e. The fourth-order valence-corrected chi connectivity index (χ4v) is 3.43. The third-order valence-corrected chi connectivity index (χ3v) is 4.71. The molecule has 0 saturated carbocycles. The first-order chi connectivity index (χ1) is 11.6. The van der Waals surface area contributed by atoms with Crippen molar-refractivity contribution in [2.24, 2.45) is 0 Å². The summed E-state index contributed by atoms with van der Waals surface area (Å²) in [7, 11) is 0.171. The minimum atomic E-state index is -0.638. The summed E-state index contributed by atoms with van der Waals surface area (Å²) in [6.45, 7) is 4.29. The van der Waals surface area contributed by atoms with E-state index in [-0.39, 0.29) is 32.6 Å². The van der Waals surface area contributed by atoms with Gasteiger partial charge in [0, 0.05) is 26.0 Å². The fraction of sp³-hybridized carbons (Fsp3) is 0.333. The van der Waals surface area contributed by atoms with Gasteiger partial charge in [-0.15, -0.1) is 5.10 Å². The molecule has 1 amide bonds. The molecule has 0 saturated heterocycles. The highest BCUT2D eigenvalue weighted by Crippen LogP contribution is 2.32. The second-order valence-electron chi connectivity index (χ2n) is 5.12. The largest absolute Gasteiger partial charge is 0.461 e. The van der Waals surface area contributed by atoms with Crippen LogP contribution in [-0.4, -0.2) is 46.5 Å². The summed E-state index contributed by atoms with van der Waals surface area (Å²) in [6, 6.07) is 5.41. The fourth-order valence-electron chi connectivity index (χ4n) is 2.68. The number of hydrogen-bond acceptors (Lipinski definition) is 5. The molecule has 1 unspecified atom stereocenters. The molecule has 2 aromatic rings. The summed E-state index contributed by atoms with van der Waals surface area (Å²) < 4.78 is 6.43. The maximum absolute atomic E-state index is 13.1. The average Bonchev–Trinajstić information content (AvgIpc) is 3.17. The van der Waals surface area contributed by atoms with E-state index in [1.165, 1.54) is 4.45 Å². The van der Waals surface area contributed by atoms with Crippen LogP contribution in [0, 0.1) is 0 Å². The summed E-state index contributed by atoms with van der Waals surface area (Å²) in [5, 5.41) is 8.39. The van der Waals surface area contributed by atoms with Crippen LogP contribution in [0.5, 0.6) is 0 Å². The Balaban J connectivity index is 2.00. The molecule has 9 heteroatoms. The summed E-state index contributed by atoms with van der Waals surface area (Å²) >= 11 is 6.01. The van der Waals surface area contributed by atoms with Crippen LogP contribution in [0.15, 0.2) is 18.2 Å². The molecule has 0 aliphatic carbocycles. The van der Waals surface area contributed by atoms with Gasteiger partial charge in [0.2, 0.25) is 5.69 Å². The molecule has 7 nitrogen and oxygen atoms in total. The van der Waals surface area contributed by atoms with E-state index in [1.807, 2.05) is 18.8 Å². The standard InChI is InChI=1S/C15H16ClN4O3P/c1-3-23-15(22)12-13(20(24-2)18-17-12)14(21)19-7-6-9-8-10(16)4-5-11(9)19/h4-5,8,24H,3,6-7H2,1-2H3. The number of nitrogens with zero attached hydrogens (tertiary/aromatic N) is 4. The molecule has 1 atom stereocenters. The third kappa shape index (κ3) is 2.89. The van der Waals surface area contributed by atoms with Crippen LogP contribution in [0.1, 0.15) is 33.5 Å². The zero-order valence-corrected chi connectivity index (χ0v) is 15.0. The Bertz CT molecular complexity index is 808. The zero-order valence-electron chi connectivity index (χ0n) is 13.2. The first-order valence-corrected chi connectivity index (χ1v) is 9.30. The summed E-state index contributed by atoms with van der Waals surface area (Å²) in [5.74, 6) is -0.945. The maximum atomic E-state index is 13.1. The number of amides is 1. The topological polar surface area (TPSA) is 77.3 Å². The van der Waals surface area contributed by atoms with Gasteiger partial charge in [0.15, 0.2) is 5.69 Å². The van der Waals surface area contributed by atoms with E-state index >= 15 is 0 Å². The molecule has 0 bridgehead atoms. The number of carbonyl (C=O) groups is 2. The van der Waals surface area contributed by atoms with Gasteiger partial charge < -0.3 is 9.64 Å². The van der Waals surface area contributed by atoms with Gasteiger partial charge >= 0.3 is 5.97 Å². The molecular weight excluding hydrogens is 351 g/mol. The van der Waals surface area contributed by atoms with Gasteiger partial charge in [-0.1, -0.05) is 16.8 Å². The Morgan fingerprint density at radius 2 is 2.21 bits per heavy atom. The van der Waals surface area contributed by atoms with Crippen molar-refractivity contribution in [3.8, 4) is 0 Å². The van der Waals surface area contributed by atoms with Crippen molar-refractivity contribution >= 4 is 37.9 Å². The van der Waals surface area contributed by atoms with E-state index in [9.17, 15) is 9.59 Å². The minimum absolute atomic E-state index is 0.0430. The van der Waals surface area contributed by atoms with E-state index in [0.717, 1.165) is 11.3 Å². The van der Waals surface area contributed by atoms with Gasteiger partial charge in [-0.2, -0.15) is 0 Å². The van der Waals surface area contributed by atoms with Crippen LogP contribution in [-0.2, 0) is 11.2 Å². The third-order valence-electron chi connectivity index (χ3n) is 3.74. The predicted molar refractivity (Wildman–Crippen MR) is 92.4 cm³/mol. The summed E-state index contributed by atoms with van der Waals surface area (Å²) in [6.07, 6.45) is 0.715. The molecule has 3 rings (SSSR count). The van der Waals surface area contributed by atoms with E-state index in [4.69, 9.17) is 16.3 Å². The highest BCUT2D eigenvalue weighted by atomic mass is 35.5. The van der Waals surface area contributed by atoms with Crippen LogP contribution < -0.4 is 4.90 Å². The Labute approximate surface area is 145 Å². The number of fused-ring (bicyclic) bond motifs is 1. The number of carbonyl (C=O) groups excluding carboxylic acids is 2. The number of benzene rings is 1. The lowest BCUT2D eigenvalue weighted by Gasteiger charge is -2.18. The zero-order chi connectivity index (χ0) is 17.3. The molecule has 0 N–H and O–H groups in total. The second kappa shape index (κ2) is 6.87. The molecule has 24 heavy (non-hydrogen) atoms. The van der Waals surface area contributed by atoms with E-state index in [0.29, 0.717) is 18.0 Å². The maximum Gasteiger partial charge on any atom is 0.361 e. The minimum Gasteiger partial charge on any atom is -0.461 e. The number of hydrogen-bond donors (Lipinski definition) is 0. The first-order valence-electron chi connectivity index (χ1n) is 7.47. The molecule has 1 aliphatic heterocycles. The molecule has 2 heterocycles. The Kier molecular flexibility index (Phi) is 4.83. The highest BCUT2D eigenvalue weighted by Gasteiger charge is 2.33. The number of ether oxygens (including phenoxy) is 1.